The molecule has 0 saturated carbocycles. The number of aromatic nitrogens is 1. The normalized spacial score (nSPS) is 16.1. The second-order valence-corrected chi connectivity index (χ2v) is 7.05. The third-order valence-electron chi connectivity index (χ3n) is 4.92. The highest BCUT2D eigenvalue weighted by molar-refractivity contribution is 6.30. The lowest BCUT2D eigenvalue weighted by molar-refractivity contribution is 0.0335. The summed E-state index contributed by atoms with van der Waals surface area (Å²) < 4.78 is 33.1. The lowest BCUT2D eigenvalue weighted by Crippen LogP contribution is -2.37. The highest BCUT2D eigenvalue weighted by atomic mass is 35.5. The van der Waals surface area contributed by atoms with E-state index >= 15 is 0 Å². The van der Waals surface area contributed by atoms with Crippen molar-refractivity contribution < 1.29 is 18.3 Å². The quantitative estimate of drug-likeness (QED) is 0.706. The smallest absolute Gasteiger partial charge is 0.256 e. The van der Waals surface area contributed by atoms with Crippen LogP contribution in [0.4, 0.5) is 8.78 Å². The Bertz CT molecular complexity index is 1140. The van der Waals surface area contributed by atoms with Crippen LogP contribution in [0.5, 0.6) is 0 Å². The van der Waals surface area contributed by atoms with E-state index < -0.39 is 23.2 Å². The first kappa shape index (κ1) is 18.6. The second-order valence-electron chi connectivity index (χ2n) is 6.61. The van der Waals surface area contributed by atoms with Crippen molar-refractivity contribution in [1.82, 2.24) is 9.88 Å². The van der Waals surface area contributed by atoms with E-state index in [4.69, 9.17) is 16.3 Å². The maximum Gasteiger partial charge on any atom is 0.256 e. The van der Waals surface area contributed by atoms with E-state index in [2.05, 4.69) is 4.98 Å². The maximum absolute atomic E-state index is 13.9. The molecule has 0 fully saturated rings. The number of nitrogens with one attached hydrogen (secondary N) is 1. The van der Waals surface area contributed by atoms with Gasteiger partial charge in [-0.1, -0.05) is 11.6 Å². The van der Waals surface area contributed by atoms with Gasteiger partial charge in [-0.15, -0.1) is 0 Å². The summed E-state index contributed by atoms with van der Waals surface area (Å²) >= 11 is 5.87. The number of benzene rings is 2. The maximum atomic E-state index is 13.9. The minimum Gasteiger partial charge on any atom is -0.373 e. The molecule has 1 aliphatic heterocycles. The third kappa shape index (κ3) is 3.06. The topological polar surface area (TPSA) is 62.4 Å². The number of carbonyl (C=O) groups is 1. The lowest BCUT2D eigenvalue weighted by atomic mass is 9.95. The van der Waals surface area contributed by atoms with Crippen LogP contribution in [-0.2, 0) is 11.3 Å². The first-order valence-corrected chi connectivity index (χ1v) is 8.89. The third-order valence-corrected chi connectivity index (χ3v) is 5.17. The van der Waals surface area contributed by atoms with E-state index in [9.17, 15) is 18.4 Å². The summed E-state index contributed by atoms with van der Waals surface area (Å²) in [4.78, 5) is 29.3. The van der Waals surface area contributed by atoms with Crippen LogP contribution in [0, 0.1) is 11.6 Å². The van der Waals surface area contributed by atoms with Crippen LogP contribution in [0.1, 0.15) is 27.7 Å². The van der Waals surface area contributed by atoms with Gasteiger partial charge in [0.25, 0.3) is 11.5 Å². The Morgan fingerprint density at radius 1 is 1.18 bits per heavy atom. The number of halogens is 3. The molecule has 28 heavy (non-hydrogen) atoms. The summed E-state index contributed by atoms with van der Waals surface area (Å²) in [6.07, 6.45) is 0. The molecule has 1 aliphatic rings. The Morgan fingerprint density at radius 2 is 1.82 bits per heavy atom. The van der Waals surface area contributed by atoms with Crippen molar-refractivity contribution >= 4 is 28.3 Å². The molecule has 144 valence electrons. The van der Waals surface area contributed by atoms with E-state index in [0.717, 1.165) is 12.1 Å². The highest BCUT2D eigenvalue weighted by Crippen LogP contribution is 2.34. The molecular weight excluding hydrogens is 390 g/mol. The number of pyridine rings is 1. The SMILES string of the molecule is CN(C(=O)c1ccc(Cl)cc1)C1COCc2[nH]c(=O)c3cc(F)c(F)cc3c21. The lowest BCUT2D eigenvalue weighted by Gasteiger charge is -2.34. The van der Waals surface area contributed by atoms with Gasteiger partial charge in [-0.3, -0.25) is 9.59 Å². The molecule has 2 aromatic carbocycles. The monoisotopic (exact) mass is 404 g/mol. The van der Waals surface area contributed by atoms with Crippen molar-refractivity contribution in [3.05, 3.63) is 80.2 Å². The number of likely N-dealkylation sites (N-methyl/N-ethyl adjacent to an activating group) is 1. The van der Waals surface area contributed by atoms with Crippen molar-refractivity contribution in [3.63, 3.8) is 0 Å². The predicted molar refractivity (Wildman–Crippen MR) is 100 cm³/mol. The van der Waals surface area contributed by atoms with E-state index in [0.29, 0.717) is 21.8 Å². The van der Waals surface area contributed by atoms with E-state index in [-0.39, 0.29) is 29.9 Å². The van der Waals surface area contributed by atoms with Gasteiger partial charge in [0, 0.05) is 28.9 Å². The second kappa shape index (κ2) is 7.00. The zero-order valence-corrected chi connectivity index (χ0v) is 15.5. The molecule has 0 spiro atoms. The number of fused-ring (bicyclic) bond motifs is 3. The summed E-state index contributed by atoms with van der Waals surface area (Å²) in [6.45, 7) is 0.266. The molecule has 1 amide bonds. The fraction of sp³-hybridized carbons (Fsp3) is 0.200. The number of carbonyl (C=O) groups excluding carboxylic acids is 1. The Kier molecular flexibility index (Phi) is 4.64. The largest absolute Gasteiger partial charge is 0.373 e. The molecule has 0 saturated heterocycles. The predicted octanol–water partition coefficient (Wildman–Crippen LogP) is 3.80. The zero-order valence-electron chi connectivity index (χ0n) is 14.8. The Hall–Kier alpha value is -2.77. The molecule has 3 aromatic rings. The number of nitrogens with zero attached hydrogens (tertiary/aromatic N) is 1. The van der Waals surface area contributed by atoms with Crippen LogP contribution in [0.2, 0.25) is 5.02 Å². The average molecular weight is 405 g/mol. The molecule has 0 bridgehead atoms. The molecule has 4 rings (SSSR count). The summed E-state index contributed by atoms with van der Waals surface area (Å²) in [5.41, 5.74) is 0.869. The molecule has 5 nitrogen and oxygen atoms in total. The van der Waals surface area contributed by atoms with Gasteiger partial charge in [-0.25, -0.2) is 8.78 Å². The summed E-state index contributed by atoms with van der Waals surface area (Å²) in [6, 6.07) is 7.71. The summed E-state index contributed by atoms with van der Waals surface area (Å²) in [5, 5.41) is 0.796. The van der Waals surface area contributed by atoms with Gasteiger partial charge < -0.3 is 14.6 Å². The number of rotatable bonds is 2. The van der Waals surface area contributed by atoms with Crippen molar-refractivity contribution in [1.29, 1.82) is 0 Å². The van der Waals surface area contributed by atoms with Crippen molar-refractivity contribution in [2.75, 3.05) is 13.7 Å². The fourth-order valence-electron chi connectivity index (χ4n) is 3.49. The van der Waals surface area contributed by atoms with Gasteiger partial charge in [-0.05, 0) is 41.8 Å². The van der Waals surface area contributed by atoms with Crippen molar-refractivity contribution in [2.45, 2.75) is 12.6 Å². The summed E-state index contributed by atoms with van der Waals surface area (Å²) in [5.74, 6) is -2.45. The van der Waals surface area contributed by atoms with Crippen LogP contribution < -0.4 is 5.56 Å². The molecule has 1 unspecified atom stereocenters. The van der Waals surface area contributed by atoms with Gasteiger partial charge in [0.1, 0.15) is 0 Å². The van der Waals surface area contributed by atoms with E-state index in [1.807, 2.05) is 0 Å². The Morgan fingerprint density at radius 3 is 2.50 bits per heavy atom. The van der Waals surface area contributed by atoms with Crippen molar-refractivity contribution in [2.24, 2.45) is 0 Å². The van der Waals surface area contributed by atoms with Crippen LogP contribution in [0.25, 0.3) is 10.8 Å². The number of hydrogen-bond donors (Lipinski definition) is 1. The number of amides is 1. The summed E-state index contributed by atoms with van der Waals surface area (Å²) in [7, 11) is 1.59. The molecule has 8 heteroatoms. The minimum absolute atomic E-state index is 0.0249. The van der Waals surface area contributed by atoms with Crippen molar-refractivity contribution in [3.8, 4) is 0 Å². The molecule has 0 aliphatic carbocycles. The molecular formula is C20H15ClF2N2O3. The average Bonchev–Trinajstić information content (AvgIpc) is 2.68. The van der Waals surface area contributed by atoms with Gasteiger partial charge in [0.15, 0.2) is 11.6 Å². The van der Waals surface area contributed by atoms with Gasteiger partial charge in [0.2, 0.25) is 0 Å². The fourth-order valence-corrected chi connectivity index (χ4v) is 3.61. The van der Waals surface area contributed by atoms with E-state index in [1.54, 1.807) is 31.3 Å². The number of ether oxygens (including phenoxy) is 1. The van der Waals surface area contributed by atoms with Crippen LogP contribution in [0.3, 0.4) is 0 Å². The number of hydrogen-bond acceptors (Lipinski definition) is 3. The van der Waals surface area contributed by atoms with Gasteiger partial charge >= 0.3 is 0 Å². The first-order valence-electron chi connectivity index (χ1n) is 8.51. The molecule has 1 atom stereocenters. The van der Waals surface area contributed by atoms with Gasteiger partial charge in [-0.2, -0.15) is 0 Å². The van der Waals surface area contributed by atoms with E-state index in [1.165, 1.54) is 4.90 Å². The molecule has 1 N–H and O–H groups in total. The number of aromatic amines is 1. The Balaban J connectivity index is 1.84. The molecule has 2 heterocycles. The molecule has 0 radical (unpaired) electrons. The zero-order chi connectivity index (χ0) is 20.0. The van der Waals surface area contributed by atoms with Crippen LogP contribution in [-0.4, -0.2) is 29.4 Å². The standard InChI is InChI=1S/C20H15ClF2N2O3/c1-25(20(27)10-2-4-11(21)5-3-10)17-9-28-8-16-18(17)12-6-14(22)15(23)7-13(12)19(26)24-16/h2-7,17H,8-9H2,1H3,(H,24,26). The Labute approximate surface area is 163 Å². The van der Waals surface area contributed by atoms with Crippen LogP contribution >= 0.6 is 11.6 Å². The number of H-pyrrole nitrogens is 1. The van der Waals surface area contributed by atoms with Crippen LogP contribution in [0.15, 0.2) is 41.2 Å². The highest BCUT2D eigenvalue weighted by Gasteiger charge is 2.31. The minimum atomic E-state index is -1.10. The molecule has 1 aromatic heterocycles. The van der Waals surface area contributed by atoms with Gasteiger partial charge in [0.05, 0.1) is 24.6 Å². The first-order chi connectivity index (χ1) is 13.4.